The van der Waals surface area contributed by atoms with E-state index in [-0.39, 0.29) is 11.3 Å². The molecule has 2 saturated heterocycles. The molecule has 2 heterocycles. The average Bonchev–Trinajstić information content (AvgIpc) is 3.27. The third-order valence-corrected chi connectivity index (χ3v) is 6.63. The molecule has 0 aromatic carbocycles. The lowest BCUT2D eigenvalue weighted by atomic mass is 10.0. The number of nitrogens with one attached hydrogen (secondary N) is 1. The first-order valence-electron chi connectivity index (χ1n) is 7.98. The van der Waals surface area contributed by atoms with Crippen molar-refractivity contribution in [1.29, 1.82) is 0 Å². The van der Waals surface area contributed by atoms with Crippen molar-refractivity contribution >= 4 is 10.0 Å². The molecule has 1 atom stereocenters. The Bertz CT molecular complexity index is 408. The van der Waals surface area contributed by atoms with Crippen molar-refractivity contribution in [3.05, 3.63) is 0 Å². The summed E-state index contributed by atoms with van der Waals surface area (Å²) in [6.45, 7) is 3.89. The maximum Gasteiger partial charge on any atom is 0.214 e. The van der Waals surface area contributed by atoms with Crippen LogP contribution in [0.2, 0.25) is 0 Å². The number of rotatable bonds is 5. The van der Waals surface area contributed by atoms with Crippen molar-refractivity contribution in [2.45, 2.75) is 62.3 Å². The predicted octanol–water partition coefficient (Wildman–Crippen LogP) is 1.10. The number of ether oxygens (including phenoxy) is 1. The van der Waals surface area contributed by atoms with E-state index in [1.165, 1.54) is 19.3 Å². The fourth-order valence-corrected chi connectivity index (χ4v) is 4.83. The molecule has 5 nitrogen and oxygen atoms in total. The topological polar surface area (TPSA) is 58.6 Å². The first-order chi connectivity index (χ1) is 9.63. The molecule has 20 heavy (non-hydrogen) atoms. The van der Waals surface area contributed by atoms with Crippen LogP contribution in [0.1, 0.15) is 44.9 Å². The van der Waals surface area contributed by atoms with Crippen LogP contribution in [0, 0.1) is 0 Å². The fourth-order valence-electron chi connectivity index (χ4n) is 3.18. The second kappa shape index (κ2) is 6.30. The zero-order valence-electron chi connectivity index (χ0n) is 12.1. The quantitative estimate of drug-likeness (QED) is 0.826. The smallest absolute Gasteiger partial charge is 0.214 e. The lowest BCUT2D eigenvalue weighted by molar-refractivity contribution is -0.00963. The van der Waals surface area contributed by atoms with Crippen molar-refractivity contribution in [1.82, 2.24) is 9.62 Å². The molecule has 1 N–H and O–H groups in total. The van der Waals surface area contributed by atoms with Gasteiger partial charge >= 0.3 is 0 Å². The van der Waals surface area contributed by atoms with E-state index in [1.54, 1.807) is 0 Å². The van der Waals surface area contributed by atoms with Crippen LogP contribution in [-0.2, 0) is 14.8 Å². The highest BCUT2D eigenvalue weighted by atomic mass is 32.2. The van der Waals surface area contributed by atoms with E-state index >= 15 is 0 Å². The van der Waals surface area contributed by atoms with E-state index in [1.807, 2.05) is 0 Å². The molecule has 0 aromatic rings. The second-order valence-corrected chi connectivity index (χ2v) is 8.42. The van der Waals surface area contributed by atoms with Crippen LogP contribution in [0.4, 0.5) is 0 Å². The Morgan fingerprint density at radius 1 is 1.05 bits per heavy atom. The Morgan fingerprint density at radius 3 is 2.40 bits per heavy atom. The Hall–Kier alpha value is -0.170. The van der Waals surface area contributed by atoms with Crippen molar-refractivity contribution in [2.75, 3.05) is 26.2 Å². The fraction of sp³-hybridized carbons (Fsp3) is 1.00. The van der Waals surface area contributed by atoms with Gasteiger partial charge in [-0.2, -0.15) is 0 Å². The van der Waals surface area contributed by atoms with Gasteiger partial charge in [0.25, 0.3) is 0 Å². The van der Waals surface area contributed by atoms with E-state index in [0.29, 0.717) is 6.10 Å². The van der Waals surface area contributed by atoms with E-state index in [9.17, 15) is 8.42 Å². The Kier molecular flexibility index (Phi) is 4.65. The van der Waals surface area contributed by atoms with Crippen molar-refractivity contribution in [2.24, 2.45) is 0 Å². The number of nitrogens with zero attached hydrogens (tertiary/aromatic N) is 1. The molecule has 0 aromatic heterocycles. The van der Waals surface area contributed by atoms with Gasteiger partial charge in [0.05, 0.1) is 11.4 Å². The zero-order valence-corrected chi connectivity index (χ0v) is 12.9. The molecular formula is C14H26N2O3S. The molecule has 6 heteroatoms. The lowest BCUT2D eigenvalue weighted by Crippen LogP contribution is -2.47. The van der Waals surface area contributed by atoms with E-state index in [2.05, 4.69) is 9.62 Å². The van der Waals surface area contributed by atoms with Crippen molar-refractivity contribution in [3.63, 3.8) is 0 Å². The van der Waals surface area contributed by atoms with Gasteiger partial charge in [-0.25, -0.2) is 13.1 Å². The molecule has 0 radical (unpaired) electrons. The summed E-state index contributed by atoms with van der Waals surface area (Å²) in [6.07, 6.45) is 7.58. The van der Waals surface area contributed by atoms with Gasteiger partial charge in [0, 0.05) is 19.2 Å². The minimum atomic E-state index is -3.02. The van der Waals surface area contributed by atoms with Crippen LogP contribution in [-0.4, -0.2) is 57.0 Å². The third kappa shape index (κ3) is 3.93. The van der Waals surface area contributed by atoms with Crippen molar-refractivity contribution < 1.29 is 13.2 Å². The first-order valence-corrected chi connectivity index (χ1v) is 9.53. The minimum absolute atomic E-state index is 0.101. The molecule has 0 bridgehead atoms. The van der Waals surface area contributed by atoms with Gasteiger partial charge in [0.2, 0.25) is 10.0 Å². The lowest BCUT2D eigenvalue weighted by Gasteiger charge is -2.35. The van der Waals surface area contributed by atoms with Gasteiger partial charge < -0.3 is 9.64 Å². The summed E-state index contributed by atoms with van der Waals surface area (Å²) in [5.74, 6) is 0. The normalized spacial score (nSPS) is 30.5. The van der Waals surface area contributed by atoms with E-state index < -0.39 is 10.0 Å². The number of hydrogen-bond acceptors (Lipinski definition) is 4. The molecule has 3 rings (SSSR count). The highest BCUT2D eigenvalue weighted by Gasteiger charge is 2.37. The van der Waals surface area contributed by atoms with Crippen LogP contribution >= 0.6 is 0 Å². The summed E-state index contributed by atoms with van der Waals surface area (Å²) in [4.78, 5) is 2.43. The molecule has 2 aliphatic heterocycles. The van der Waals surface area contributed by atoms with Gasteiger partial charge in [0.1, 0.15) is 0 Å². The number of likely N-dealkylation sites (tertiary alicyclic amines) is 1. The summed E-state index contributed by atoms with van der Waals surface area (Å²) in [5, 5.41) is -0.101. The van der Waals surface area contributed by atoms with Crippen LogP contribution in [0.25, 0.3) is 0 Å². The summed E-state index contributed by atoms with van der Waals surface area (Å²) in [7, 11) is -3.02. The number of piperidine rings is 1. The Labute approximate surface area is 122 Å². The zero-order chi connectivity index (χ0) is 14.0. The second-order valence-electron chi connectivity index (χ2n) is 6.43. The molecule has 3 aliphatic rings. The molecule has 3 fully saturated rings. The molecule has 0 spiro atoms. The molecule has 1 aliphatic carbocycles. The maximum atomic E-state index is 11.9. The van der Waals surface area contributed by atoms with Gasteiger partial charge in [0.15, 0.2) is 0 Å². The van der Waals surface area contributed by atoms with Crippen LogP contribution in [0.3, 0.4) is 0 Å². The van der Waals surface area contributed by atoms with Gasteiger partial charge in [-0.05, 0) is 58.0 Å². The monoisotopic (exact) mass is 302 g/mol. The van der Waals surface area contributed by atoms with Gasteiger partial charge in [-0.1, -0.05) is 0 Å². The summed E-state index contributed by atoms with van der Waals surface area (Å²) >= 11 is 0. The Morgan fingerprint density at radius 2 is 1.80 bits per heavy atom. The number of sulfonamides is 1. The molecule has 1 unspecified atom stereocenters. The molecule has 116 valence electrons. The highest BCUT2D eigenvalue weighted by molar-refractivity contribution is 7.90. The average molecular weight is 302 g/mol. The minimum Gasteiger partial charge on any atom is -0.377 e. The van der Waals surface area contributed by atoms with Crippen LogP contribution in [0.15, 0.2) is 0 Å². The highest BCUT2D eigenvalue weighted by Crippen LogP contribution is 2.28. The Balaban J connectivity index is 1.40. The predicted molar refractivity (Wildman–Crippen MR) is 78.1 cm³/mol. The summed E-state index contributed by atoms with van der Waals surface area (Å²) in [6, 6.07) is 0.143. The largest absolute Gasteiger partial charge is 0.377 e. The summed E-state index contributed by atoms with van der Waals surface area (Å²) < 4.78 is 32.5. The molecule has 1 saturated carbocycles. The first kappa shape index (κ1) is 14.8. The van der Waals surface area contributed by atoms with E-state index in [0.717, 1.165) is 51.9 Å². The SMILES string of the molecule is O=S(=O)(NC1CCN(CC2CCCCO2)CC1)C1CC1. The summed E-state index contributed by atoms with van der Waals surface area (Å²) in [5.41, 5.74) is 0. The van der Waals surface area contributed by atoms with Crippen molar-refractivity contribution in [3.8, 4) is 0 Å². The molecule has 0 amide bonds. The van der Waals surface area contributed by atoms with E-state index in [4.69, 9.17) is 4.74 Å². The standard InChI is InChI=1S/C14H26N2O3S/c17-20(18,14-4-5-14)15-12-6-8-16(9-7-12)11-13-3-1-2-10-19-13/h12-15H,1-11H2. The number of hydrogen-bond donors (Lipinski definition) is 1. The van der Waals surface area contributed by atoms with Crippen LogP contribution < -0.4 is 4.72 Å². The van der Waals surface area contributed by atoms with Gasteiger partial charge in [-0.3, -0.25) is 0 Å². The third-order valence-electron chi connectivity index (χ3n) is 4.62. The van der Waals surface area contributed by atoms with Gasteiger partial charge in [-0.15, -0.1) is 0 Å². The molecular weight excluding hydrogens is 276 g/mol. The van der Waals surface area contributed by atoms with Crippen LogP contribution in [0.5, 0.6) is 0 Å². The maximum absolute atomic E-state index is 11.9.